The molecule has 0 saturated heterocycles. The molecule has 0 spiro atoms. The third kappa shape index (κ3) is 4.60. The van der Waals surface area contributed by atoms with Crippen molar-refractivity contribution in [2.75, 3.05) is 13.6 Å². The van der Waals surface area contributed by atoms with Gasteiger partial charge in [-0.25, -0.2) is 0 Å². The number of rotatable bonds is 5. The second-order valence-electron chi connectivity index (χ2n) is 5.56. The SMILES string of the molecule is CN=C(NCc1ccon1)NCC1(c2cccc(Cl)c2)CC1.I. The van der Waals surface area contributed by atoms with Crippen LogP contribution in [0.1, 0.15) is 24.1 Å². The van der Waals surface area contributed by atoms with E-state index in [4.69, 9.17) is 16.1 Å². The third-order valence-corrected chi connectivity index (χ3v) is 4.27. The van der Waals surface area contributed by atoms with Gasteiger partial charge in [0, 0.05) is 30.1 Å². The maximum Gasteiger partial charge on any atom is 0.191 e. The van der Waals surface area contributed by atoms with Gasteiger partial charge in [-0.05, 0) is 30.5 Å². The molecule has 3 rings (SSSR count). The first-order valence-corrected chi connectivity index (χ1v) is 7.69. The largest absolute Gasteiger partial charge is 0.364 e. The molecule has 0 radical (unpaired) electrons. The lowest BCUT2D eigenvalue weighted by atomic mass is 9.96. The van der Waals surface area contributed by atoms with Crippen LogP contribution in [0.15, 0.2) is 46.1 Å². The number of guanidine groups is 1. The first kappa shape index (κ1) is 18.1. The molecule has 2 N–H and O–H groups in total. The van der Waals surface area contributed by atoms with Crippen molar-refractivity contribution in [3.05, 3.63) is 52.9 Å². The highest BCUT2D eigenvalue weighted by Crippen LogP contribution is 2.48. The van der Waals surface area contributed by atoms with E-state index in [-0.39, 0.29) is 29.4 Å². The fourth-order valence-corrected chi connectivity index (χ4v) is 2.70. The van der Waals surface area contributed by atoms with Gasteiger partial charge >= 0.3 is 0 Å². The van der Waals surface area contributed by atoms with Gasteiger partial charge in [-0.15, -0.1) is 24.0 Å². The highest BCUT2D eigenvalue weighted by Gasteiger charge is 2.44. The van der Waals surface area contributed by atoms with Crippen molar-refractivity contribution in [2.24, 2.45) is 4.99 Å². The summed E-state index contributed by atoms with van der Waals surface area (Å²) in [5.74, 6) is 0.760. The summed E-state index contributed by atoms with van der Waals surface area (Å²) < 4.78 is 4.81. The smallest absolute Gasteiger partial charge is 0.191 e. The minimum absolute atomic E-state index is 0. The molecule has 1 aliphatic rings. The summed E-state index contributed by atoms with van der Waals surface area (Å²) in [7, 11) is 1.76. The van der Waals surface area contributed by atoms with Gasteiger partial charge in [-0.3, -0.25) is 4.99 Å². The predicted octanol–water partition coefficient (Wildman–Crippen LogP) is 3.34. The van der Waals surface area contributed by atoms with Crippen LogP contribution in [0, 0.1) is 0 Å². The zero-order valence-electron chi connectivity index (χ0n) is 12.9. The van der Waals surface area contributed by atoms with Crippen LogP contribution in [0.2, 0.25) is 5.02 Å². The summed E-state index contributed by atoms with van der Waals surface area (Å²) >= 11 is 6.10. The average molecular weight is 447 g/mol. The number of aliphatic imine (C=N–C) groups is 1. The Labute approximate surface area is 157 Å². The van der Waals surface area contributed by atoms with Crippen LogP contribution in [0.4, 0.5) is 0 Å². The van der Waals surface area contributed by atoms with Crippen LogP contribution in [-0.2, 0) is 12.0 Å². The average Bonchev–Trinajstić information content (AvgIpc) is 3.14. The van der Waals surface area contributed by atoms with Crippen molar-refractivity contribution in [2.45, 2.75) is 24.8 Å². The molecule has 1 heterocycles. The molecule has 0 aliphatic heterocycles. The summed E-state index contributed by atoms with van der Waals surface area (Å²) in [4.78, 5) is 4.24. The molecule has 2 aromatic rings. The monoisotopic (exact) mass is 446 g/mol. The summed E-state index contributed by atoms with van der Waals surface area (Å²) in [5, 5.41) is 11.3. The Morgan fingerprint density at radius 3 is 2.78 bits per heavy atom. The molecule has 124 valence electrons. The van der Waals surface area contributed by atoms with E-state index in [9.17, 15) is 0 Å². The second-order valence-corrected chi connectivity index (χ2v) is 6.00. The van der Waals surface area contributed by atoms with Crippen molar-refractivity contribution in [3.8, 4) is 0 Å². The van der Waals surface area contributed by atoms with E-state index in [1.165, 1.54) is 18.4 Å². The summed E-state index contributed by atoms with van der Waals surface area (Å²) in [6.45, 7) is 1.42. The van der Waals surface area contributed by atoms with Crippen LogP contribution in [0.3, 0.4) is 0 Å². The molecule has 1 aliphatic carbocycles. The van der Waals surface area contributed by atoms with E-state index in [2.05, 4.69) is 32.9 Å². The Morgan fingerprint density at radius 2 is 2.17 bits per heavy atom. The molecule has 0 amide bonds. The van der Waals surface area contributed by atoms with Crippen LogP contribution in [-0.4, -0.2) is 24.7 Å². The minimum Gasteiger partial charge on any atom is -0.364 e. The number of nitrogens with zero attached hydrogens (tertiary/aromatic N) is 2. The summed E-state index contributed by atoms with van der Waals surface area (Å²) in [6, 6.07) is 9.95. The molecule has 1 aromatic carbocycles. The maximum absolute atomic E-state index is 6.10. The van der Waals surface area contributed by atoms with E-state index in [0.717, 1.165) is 23.2 Å². The van der Waals surface area contributed by atoms with Gasteiger partial charge in [0.1, 0.15) is 12.0 Å². The minimum atomic E-state index is 0. The number of nitrogens with one attached hydrogen (secondary N) is 2. The van der Waals surface area contributed by atoms with Crippen molar-refractivity contribution in [3.63, 3.8) is 0 Å². The molecule has 0 bridgehead atoms. The molecule has 7 heteroatoms. The van der Waals surface area contributed by atoms with E-state index in [0.29, 0.717) is 6.54 Å². The van der Waals surface area contributed by atoms with Crippen LogP contribution in [0.25, 0.3) is 0 Å². The molecule has 1 saturated carbocycles. The van der Waals surface area contributed by atoms with Gasteiger partial charge in [-0.1, -0.05) is 28.9 Å². The maximum atomic E-state index is 6.10. The number of aromatic nitrogens is 1. The summed E-state index contributed by atoms with van der Waals surface area (Å²) in [6.07, 6.45) is 3.90. The molecular formula is C16H20ClIN4O. The standard InChI is InChI=1S/C16H19ClN4O.HI/c1-18-15(19-10-14-5-8-22-21-14)20-11-16(6-7-16)12-3-2-4-13(17)9-12;/h2-5,8-9H,6-7,10-11H2,1H3,(H2,18,19,20);1H. The molecule has 23 heavy (non-hydrogen) atoms. The Morgan fingerprint density at radius 1 is 1.35 bits per heavy atom. The van der Waals surface area contributed by atoms with E-state index in [1.807, 2.05) is 18.2 Å². The fraction of sp³-hybridized carbons (Fsp3) is 0.375. The van der Waals surface area contributed by atoms with Crippen LogP contribution in [0.5, 0.6) is 0 Å². The van der Waals surface area contributed by atoms with Gasteiger partial charge in [0.15, 0.2) is 5.96 Å². The number of halogens is 2. The molecule has 0 unspecified atom stereocenters. The van der Waals surface area contributed by atoms with E-state index >= 15 is 0 Å². The van der Waals surface area contributed by atoms with Crippen molar-refractivity contribution < 1.29 is 4.52 Å². The normalized spacial score (nSPS) is 15.7. The number of benzene rings is 1. The Hall–Kier alpha value is -1.28. The molecule has 0 atom stereocenters. The zero-order chi connectivity index (χ0) is 15.4. The van der Waals surface area contributed by atoms with Crippen molar-refractivity contribution >= 4 is 41.5 Å². The van der Waals surface area contributed by atoms with Crippen molar-refractivity contribution in [1.82, 2.24) is 15.8 Å². The topological polar surface area (TPSA) is 62.5 Å². The lowest BCUT2D eigenvalue weighted by Gasteiger charge is -2.19. The van der Waals surface area contributed by atoms with Gasteiger partial charge in [-0.2, -0.15) is 0 Å². The Bertz CT molecular complexity index is 656. The van der Waals surface area contributed by atoms with E-state index in [1.54, 1.807) is 13.3 Å². The number of hydrogen-bond donors (Lipinski definition) is 2. The van der Waals surface area contributed by atoms with Crippen LogP contribution >= 0.6 is 35.6 Å². The lowest BCUT2D eigenvalue weighted by Crippen LogP contribution is -2.40. The number of hydrogen-bond acceptors (Lipinski definition) is 3. The highest BCUT2D eigenvalue weighted by atomic mass is 127. The first-order chi connectivity index (χ1) is 10.7. The van der Waals surface area contributed by atoms with Gasteiger partial charge < -0.3 is 15.2 Å². The molecular weight excluding hydrogens is 427 g/mol. The third-order valence-electron chi connectivity index (χ3n) is 4.04. The molecule has 5 nitrogen and oxygen atoms in total. The molecule has 1 fully saturated rings. The van der Waals surface area contributed by atoms with E-state index < -0.39 is 0 Å². The Balaban J connectivity index is 0.00000192. The second kappa shape index (κ2) is 8.01. The predicted molar refractivity (Wildman–Crippen MR) is 102 cm³/mol. The lowest BCUT2D eigenvalue weighted by molar-refractivity contribution is 0.410. The van der Waals surface area contributed by atoms with Gasteiger partial charge in [0.2, 0.25) is 0 Å². The van der Waals surface area contributed by atoms with Crippen molar-refractivity contribution in [1.29, 1.82) is 0 Å². The zero-order valence-corrected chi connectivity index (χ0v) is 16.0. The van der Waals surface area contributed by atoms with Crippen LogP contribution < -0.4 is 10.6 Å². The Kier molecular flexibility index (Phi) is 6.29. The first-order valence-electron chi connectivity index (χ1n) is 7.32. The quantitative estimate of drug-likeness (QED) is 0.420. The fourth-order valence-electron chi connectivity index (χ4n) is 2.51. The summed E-state index contributed by atoms with van der Waals surface area (Å²) in [5.41, 5.74) is 2.31. The van der Waals surface area contributed by atoms with Gasteiger partial charge in [0.05, 0.1) is 6.54 Å². The highest BCUT2D eigenvalue weighted by molar-refractivity contribution is 14.0. The van der Waals surface area contributed by atoms with Gasteiger partial charge in [0.25, 0.3) is 0 Å². The molecule has 1 aromatic heterocycles.